The van der Waals surface area contributed by atoms with Gasteiger partial charge in [-0.15, -0.1) is 0 Å². The molecule has 0 radical (unpaired) electrons. The smallest absolute Gasteiger partial charge is 0.168 e. The van der Waals surface area contributed by atoms with Gasteiger partial charge >= 0.3 is 0 Å². The molecular formula is C9H10BrFO. The number of ether oxygens (including phenoxy) is 1. The van der Waals surface area contributed by atoms with Gasteiger partial charge in [-0.05, 0) is 40.0 Å². The summed E-state index contributed by atoms with van der Waals surface area (Å²) < 4.78 is 18.7. The zero-order valence-electron chi connectivity index (χ0n) is 7.03. The van der Waals surface area contributed by atoms with Gasteiger partial charge in [-0.2, -0.15) is 0 Å². The molecule has 1 aromatic carbocycles. The molecule has 1 aromatic rings. The van der Waals surface area contributed by atoms with Crippen LogP contribution in [0.1, 0.15) is 12.5 Å². The van der Waals surface area contributed by atoms with Crippen molar-refractivity contribution in [3.05, 3.63) is 28.0 Å². The van der Waals surface area contributed by atoms with E-state index in [2.05, 4.69) is 15.9 Å². The van der Waals surface area contributed by atoms with Crippen molar-refractivity contribution in [2.75, 3.05) is 7.11 Å². The molecule has 0 amide bonds. The highest BCUT2D eigenvalue weighted by molar-refractivity contribution is 9.10. The van der Waals surface area contributed by atoms with Crippen molar-refractivity contribution in [3.63, 3.8) is 0 Å². The van der Waals surface area contributed by atoms with Gasteiger partial charge in [0.2, 0.25) is 0 Å². The van der Waals surface area contributed by atoms with Gasteiger partial charge in [0.05, 0.1) is 11.6 Å². The van der Waals surface area contributed by atoms with Gasteiger partial charge in [0.1, 0.15) is 0 Å². The van der Waals surface area contributed by atoms with E-state index in [-0.39, 0.29) is 11.6 Å². The summed E-state index contributed by atoms with van der Waals surface area (Å²) in [7, 11) is 1.45. The minimum Gasteiger partial charge on any atom is -0.492 e. The summed E-state index contributed by atoms with van der Waals surface area (Å²) >= 11 is 3.23. The molecule has 0 heterocycles. The van der Waals surface area contributed by atoms with Crippen molar-refractivity contribution < 1.29 is 9.13 Å². The Kier molecular flexibility index (Phi) is 3.09. The molecule has 0 N–H and O–H groups in total. The first kappa shape index (κ1) is 9.52. The van der Waals surface area contributed by atoms with Crippen molar-refractivity contribution >= 4 is 15.9 Å². The van der Waals surface area contributed by atoms with E-state index in [9.17, 15) is 4.39 Å². The van der Waals surface area contributed by atoms with Gasteiger partial charge in [0, 0.05) is 0 Å². The van der Waals surface area contributed by atoms with Crippen molar-refractivity contribution in [3.8, 4) is 5.75 Å². The Bertz CT molecular complexity index is 263. The normalized spacial score (nSPS) is 10.0. The quantitative estimate of drug-likeness (QED) is 0.762. The second-order valence-corrected chi connectivity index (χ2v) is 3.30. The summed E-state index contributed by atoms with van der Waals surface area (Å²) in [6.45, 7) is 1.98. The molecule has 3 heteroatoms. The summed E-state index contributed by atoms with van der Waals surface area (Å²) in [5.41, 5.74) is 0.958. The number of hydrogen-bond donors (Lipinski definition) is 0. The lowest BCUT2D eigenvalue weighted by Gasteiger charge is -2.06. The van der Waals surface area contributed by atoms with Crippen LogP contribution in [0.3, 0.4) is 0 Å². The molecular weight excluding hydrogens is 223 g/mol. The number of hydrogen-bond acceptors (Lipinski definition) is 1. The Morgan fingerprint density at radius 1 is 1.50 bits per heavy atom. The molecule has 0 fully saturated rings. The number of halogens is 2. The fourth-order valence-electron chi connectivity index (χ4n) is 1.01. The number of aryl methyl sites for hydroxylation is 1. The maximum Gasteiger partial charge on any atom is 0.168 e. The molecule has 0 aromatic heterocycles. The Balaban J connectivity index is 3.18. The van der Waals surface area contributed by atoms with Crippen molar-refractivity contribution in [2.24, 2.45) is 0 Å². The molecule has 0 spiro atoms. The molecule has 0 saturated carbocycles. The molecule has 12 heavy (non-hydrogen) atoms. The Morgan fingerprint density at radius 2 is 2.17 bits per heavy atom. The maximum absolute atomic E-state index is 13.1. The van der Waals surface area contributed by atoms with Crippen LogP contribution in [-0.2, 0) is 6.42 Å². The molecule has 0 aliphatic carbocycles. The zero-order chi connectivity index (χ0) is 9.14. The van der Waals surface area contributed by atoms with E-state index in [4.69, 9.17) is 4.74 Å². The molecule has 0 aliphatic rings. The lowest BCUT2D eigenvalue weighted by Crippen LogP contribution is -1.91. The summed E-state index contributed by atoms with van der Waals surface area (Å²) in [6, 6.07) is 3.35. The molecule has 0 bridgehead atoms. The largest absolute Gasteiger partial charge is 0.492 e. The number of methoxy groups -OCH3 is 1. The van der Waals surface area contributed by atoms with Crippen LogP contribution in [0.2, 0.25) is 0 Å². The average Bonchev–Trinajstić information content (AvgIpc) is 2.03. The van der Waals surface area contributed by atoms with Crippen LogP contribution >= 0.6 is 15.9 Å². The van der Waals surface area contributed by atoms with Gasteiger partial charge in [-0.1, -0.05) is 6.92 Å². The molecule has 1 nitrogen and oxygen atoms in total. The Hall–Kier alpha value is -0.570. The number of rotatable bonds is 2. The molecule has 0 unspecified atom stereocenters. The van der Waals surface area contributed by atoms with Crippen LogP contribution in [0, 0.1) is 5.82 Å². The SMILES string of the molecule is CCc1cc(F)c(OC)c(Br)c1. The van der Waals surface area contributed by atoms with Crippen molar-refractivity contribution in [2.45, 2.75) is 13.3 Å². The van der Waals surface area contributed by atoms with E-state index >= 15 is 0 Å². The Morgan fingerprint density at radius 3 is 2.58 bits per heavy atom. The molecule has 66 valence electrons. The van der Waals surface area contributed by atoms with E-state index in [0.717, 1.165) is 12.0 Å². The predicted octanol–water partition coefficient (Wildman–Crippen LogP) is 3.16. The van der Waals surface area contributed by atoms with Crippen LogP contribution in [0.4, 0.5) is 4.39 Å². The molecule has 1 rings (SSSR count). The summed E-state index contributed by atoms with van der Waals surface area (Å²) in [6.07, 6.45) is 0.819. The van der Waals surface area contributed by atoms with Crippen LogP contribution in [0.25, 0.3) is 0 Å². The standard InChI is InChI=1S/C9H10BrFO/c1-3-6-4-7(10)9(12-2)8(11)5-6/h4-5H,3H2,1-2H3. The van der Waals surface area contributed by atoms with Crippen LogP contribution in [0.15, 0.2) is 16.6 Å². The minimum atomic E-state index is -0.316. The first-order valence-electron chi connectivity index (χ1n) is 3.71. The van der Waals surface area contributed by atoms with Crippen LogP contribution in [-0.4, -0.2) is 7.11 Å². The van der Waals surface area contributed by atoms with Gasteiger partial charge in [-0.25, -0.2) is 4.39 Å². The summed E-state index contributed by atoms with van der Waals surface area (Å²) in [5, 5.41) is 0. The average molecular weight is 233 g/mol. The van der Waals surface area contributed by atoms with Gasteiger partial charge < -0.3 is 4.74 Å². The predicted molar refractivity (Wildman–Crippen MR) is 50.0 cm³/mol. The van der Waals surface area contributed by atoms with Crippen molar-refractivity contribution in [1.29, 1.82) is 0 Å². The summed E-state index contributed by atoms with van der Waals surface area (Å²) in [4.78, 5) is 0. The van der Waals surface area contributed by atoms with Gasteiger partial charge in [0.15, 0.2) is 11.6 Å². The van der Waals surface area contributed by atoms with Gasteiger partial charge in [0.25, 0.3) is 0 Å². The lowest BCUT2D eigenvalue weighted by molar-refractivity contribution is 0.383. The third-order valence-electron chi connectivity index (χ3n) is 1.67. The maximum atomic E-state index is 13.1. The first-order chi connectivity index (χ1) is 5.69. The lowest BCUT2D eigenvalue weighted by atomic mass is 10.1. The number of benzene rings is 1. The zero-order valence-corrected chi connectivity index (χ0v) is 8.61. The topological polar surface area (TPSA) is 9.23 Å². The van der Waals surface area contributed by atoms with E-state index in [1.807, 2.05) is 13.0 Å². The molecule has 0 saturated heterocycles. The highest BCUT2D eigenvalue weighted by Crippen LogP contribution is 2.29. The fraction of sp³-hybridized carbons (Fsp3) is 0.333. The fourth-order valence-corrected chi connectivity index (χ4v) is 1.66. The van der Waals surface area contributed by atoms with Crippen LogP contribution < -0.4 is 4.74 Å². The molecule has 0 atom stereocenters. The summed E-state index contributed by atoms with van der Waals surface area (Å²) in [5.74, 6) is -0.0454. The van der Waals surface area contributed by atoms with Crippen LogP contribution in [0.5, 0.6) is 5.75 Å². The van der Waals surface area contributed by atoms with E-state index in [1.54, 1.807) is 0 Å². The van der Waals surface area contributed by atoms with E-state index in [1.165, 1.54) is 13.2 Å². The first-order valence-corrected chi connectivity index (χ1v) is 4.50. The minimum absolute atomic E-state index is 0.271. The highest BCUT2D eigenvalue weighted by atomic mass is 79.9. The van der Waals surface area contributed by atoms with Gasteiger partial charge in [-0.3, -0.25) is 0 Å². The van der Waals surface area contributed by atoms with Crippen molar-refractivity contribution in [1.82, 2.24) is 0 Å². The molecule has 0 aliphatic heterocycles. The Labute approximate surface area is 79.7 Å². The van der Waals surface area contributed by atoms with E-state index in [0.29, 0.717) is 4.47 Å². The third-order valence-corrected chi connectivity index (χ3v) is 2.26. The second kappa shape index (κ2) is 3.90. The van der Waals surface area contributed by atoms with E-state index < -0.39 is 0 Å². The monoisotopic (exact) mass is 232 g/mol. The highest BCUT2D eigenvalue weighted by Gasteiger charge is 2.07. The third kappa shape index (κ3) is 1.78. The second-order valence-electron chi connectivity index (χ2n) is 2.45.